The Morgan fingerprint density at radius 3 is 2.54 bits per heavy atom. The third-order valence-electron chi connectivity index (χ3n) is 6.37. The summed E-state index contributed by atoms with van der Waals surface area (Å²) in [5.41, 5.74) is -0.863. The van der Waals surface area contributed by atoms with Crippen LogP contribution in [-0.4, -0.2) is 66.2 Å². The number of ether oxygens (including phenoxy) is 3. The maximum absolute atomic E-state index is 14.0. The lowest BCUT2D eigenvalue weighted by Crippen LogP contribution is -2.53. The third-order valence-corrected chi connectivity index (χ3v) is 6.93. The van der Waals surface area contributed by atoms with E-state index in [0.29, 0.717) is 22.0 Å². The van der Waals surface area contributed by atoms with E-state index in [1.54, 1.807) is 26.0 Å². The highest BCUT2D eigenvalue weighted by Gasteiger charge is 2.62. The number of carbonyl (C=O) groups is 2. The van der Waals surface area contributed by atoms with E-state index in [4.69, 9.17) is 37.4 Å². The predicted octanol–water partition coefficient (Wildman–Crippen LogP) is 2.08. The highest BCUT2D eigenvalue weighted by Crippen LogP contribution is 2.46. The molecule has 0 amide bonds. The fourth-order valence-electron chi connectivity index (χ4n) is 4.84. The van der Waals surface area contributed by atoms with Crippen LogP contribution in [0.15, 0.2) is 40.7 Å². The number of rotatable bonds is 6. The molecule has 2 N–H and O–H groups in total. The largest absolute Gasteiger partial charge is 0.466 e. The van der Waals surface area contributed by atoms with Crippen LogP contribution < -0.4 is 5.32 Å². The van der Waals surface area contributed by atoms with Gasteiger partial charge in [0.1, 0.15) is 12.2 Å². The van der Waals surface area contributed by atoms with E-state index in [9.17, 15) is 24.8 Å². The van der Waals surface area contributed by atoms with Crippen LogP contribution in [0.25, 0.3) is 0 Å². The summed E-state index contributed by atoms with van der Waals surface area (Å²) in [6, 6.07) is 4.63. The van der Waals surface area contributed by atoms with Crippen LogP contribution in [0, 0.1) is 10.1 Å². The van der Waals surface area contributed by atoms with Crippen molar-refractivity contribution in [2.24, 2.45) is 0 Å². The van der Waals surface area contributed by atoms with E-state index >= 15 is 0 Å². The minimum Gasteiger partial charge on any atom is -0.466 e. The zero-order valence-electron chi connectivity index (χ0n) is 18.9. The molecule has 3 aliphatic rings. The van der Waals surface area contributed by atoms with E-state index < -0.39 is 53.3 Å². The van der Waals surface area contributed by atoms with Gasteiger partial charge in [0.05, 0.1) is 25.9 Å². The van der Waals surface area contributed by atoms with Crippen molar-refractivity contribution in [3.8, 4) is 0 Å². The number of halogens is 2. The number of fused-ring (bicyclic) bond motifs is 1. The van der Waals surface area contributed by atoms with Crippen LogP contribution in [0.2, 0.25) is 10.0 Å². The van der Waals surface area contributed by atoms with E-state index in [1.165, 1.54) is 13.2 Å². The summed E-state index contributed by atoms with van der Waals surface area (Å²) in [7, 11) is 1.21. The summed E-state index contributed by atoms with van der Waals surface area (Å²) < 4.78 is 16.0. The summed E-state index contributed by atoms with van der Waals surface area (Å²) in [5.74, 6) is -2.51. The predicted molar refractivity (Wildman–Crippen MR) is 121 cm³/mol. The second kappa shape index (κ2) is 9.40. The van der Waals surface area contributed by atoms with Crippen molar-refractivity contribution in [1.82, 2.24) is 5.32 Å². The second-order valence-electron chi connectivity index (χ2n) is 8.44. The summed E-state index contributed by atoms with van der Waals surface area (Å²) in [6.07, 6.45) is -3.37. The maximum atomic E-state index is 14.0. The number of ketones is 1. The van der Waals surface area contributed by atoms with Gasteiger partial charge in [-0.15, -0.1) is 10.1 Å². The molecule has 3 heterocycles. The zero-order chi connectivity index (χ0) is 25.7. The van der Waals surface area contributed by atoms with Crippen LogP contribution in [0.4, 0.5) is 0 Å². The van der Waals surface area contributed by atoms with Gasteiger partial charge < -0.3 is 29.5 Å². The van der Waals surface area contributed by atoms with Crippen molar-refractivity contribution < 1.29 is 38.8 Å². The molecule has 5 atom stereocenters. The molecule has 0 aromatic heterocycles. The van der Waals surface area contributed by atoms with Gasteiger partial charge in [-0.05, 0) is 31.5 Å². The Balaban J connectivity index is 1.79. The minimum absolute atomic E-state index is 0.0363. The van der Waals surface area contributed by atoms with Crippen molar-refractivity contribution in [2.75, 3.05) is 20.3 Å². The van der Waals surface area contributed by atoms with Gasteiger partial charge in [0.2, 0.25) is 0 Å². The van der Waals surface area contributed by atoms with Crippen LogP contribution in [0.5, 0.6) is 0 Å². The smallest absolute Gasteiger partial charge is 0.336 e. The molecular weight excluding hydrogens is 507 g/mol. The highest BCUT2D eigenvalue weighted by molar-refractivity contribution is 6.35. The molecule has 1 unspecified atom stereocenters. The van der Waals surface area contributed by atoms with Gasteiger partial charge in [0.15, 0.2) is 17.5 Å². The van der Waals surface area contributed by atoms with Gasteiger partial charge in [-0.3, -0.25) is 4.79 Å². The molecule has 3 aliphatic heterocycles. The Hall–Kier alpha value is -2.70. The minimum atomic E-state index is -2.21. The molecule has 35 heavy (non-hydrogen) atoms. The fraction of sp³-hybridized carbons (Fsp3) is 0.455. The molecule has 11 nitrogen and oxygen atoms in total. The molecule has 4 rings (SSSR count). The number of esters is 1. The topological polar surface area (TPSA) is 146 Å². The standard InChI is InChI=1S/C22H22Cl2N2O9/c1-9-15(19(27)22(29)8-34-18-14(35-26(30)31)7-33-20(18)22)17(12-5-4-11(23)6-13(12)24)16(10(2)25-9)21(28)32-3/h4-6,14,17-18,20,25,29H,7-8H2,1-3H3/t14-,17?,18+,20-,22-/m0/s1. The first kappa shape index (κ1) is 25.4. The van der Waals surface area contributed by atoms with E-state index in [1.807, 2.05) is 0 Å². The van der Waals surface area contributed by atoms with Gasteiger partial charge in [0.25, 0.3) is 5.09 Å². The second-order valence-corrected chi connectivity index (χ2v) is 9.29. The average Bonchev–Trinajstić information content (AvgIpc) is 3.34. The normalized spacial score (nSPS) is 30.1. The Bertz CT molecular complexity index is 1170. The maximum Gasteiger partial charge on any atom is 0.336 e. The van der Waals surface area contributed by atoms with Crippen LogP contribution >= 0.6 is 23.2 Å². The lowest BCUT2D eigenvalue weighted by atomic mass is 9.74. The van der Waals surface area contributed by atoms with Crippen molar-refractivity contribution in [1.29, 1.82) is 0 Å². The number of aliphatic hydroxyl groups is 1. The number of nitrogens with zero attached hydrogens (tertiary/aromatic N) is 1. The first-order chi connectivity index (χ1) is 16.5. The third kappa shape index (κ3) is 4.27. The van der Waals surface area contributed by atoms with Gasteiger partial charge in [0, 0.05) is 32.9 Å². The number of dihydropyridines is 1. The summed E-state index contributed by atoms with van der Waals surface area (Å²) in [4.78, 5) is 42.2. The first-order valence-corrected chi connectivity index (χ1v) is 11.3. The van der Waals surface area contributed by atoms with Crippen molar-refractivity contribution in [3.05, 3.63) is 66.5 Å². The zero-order valence-corrected chi connectivity index (χ0v) is 20.4. The number of allylic oxidation sites excluding steroid dienone is 2. The Kier molecular flexibility index (Phi) is 6.82. The fourth-order valence-corrected chi connectivity index (χ4v) is 5.36. The van der Waals surface area contributed by atoms with Crippen LogP contribution in [0.1, 0.15) is 25.3 Å². The Labute approximate surface area is 209 Å². The van der Waals surface area contributed by atoms with Gasteiger partial charge in [-0.2, -0.15) is 0 Å². The number of methoxy groups -OCH3 is 1. The van der Waals surface area contributed by atoms with E-state index in [0.717, 1.165) is 0 Å². The monoisotopic (exact) mass is 528 g/mol. The molecule has 0 bridgehead atoms. The van der Waals surface area contributed by atoms with E-state index in [2.05, 4.69) is 10.2 Å². The summed E-state index contributed by atoms with van der Waals surface area (Å²) in [5, 5.41) is 24.9. The van der Waals surface area contributed by atoms with Gasteiger partial charge in [-0.25, -0.2) is 4.79 Å². The van der Waals surface area contributed by atoms with Crippen LogP contribution in [0.3, 0.4) is 0 Å². The molecule has 2 saturated heterocycles. The van der Waals surface area contributed by atoms with E-state index in [-0.39, 0.29) is 22.8 Å². The van der Waals surface area contributed by atoms with Crippen molar-refractivity contribution in [3.63, 3.8) is 0 Å². The molecule has 0 spiro atoms. The molecule has 0 aliphatic carbocycles. The SMILES string of the molecule is COC(=O)C1=C(C)NC(C)=C(C(=O)[C@@]2(O)CO[C@@H]3[C@@H](O[N+](=O)[O-])CO[C@@H]32)C1c1ccc(Cl)cc1Cl. The summed E-state index contributed by atoms with van der Waals surface area (Å²) in [6.45, 7) is 2.52. The molecular formula is C22H22Cl2N2O9. The quantitative estimate of drug-likeness (QED) is 0.319. The Morgan fingerprint density at radius 2 is 1.91 bits per heavy atom. The molecule has 0 saturated carbocycles. The number of hydrogen-bond donors (Lipinski definition) is 2. The lowest BCUT2D eigenvalue weighted by Gasteiger charge is -2.35. The number of benzene rings is 1. The Morgan fingerprint density at radius 1 is 1.23 bits per heavy atom. The number of hydrogen-bond acceptors (Lipinski definition) is 10. The molecule has 1 aromatic rings. The number of carbonyl (C=O) groups excluding carboxylic acids is 2. The molecule has 13 heteroatoms. The van der Waals surface area contributed by atoms with Crippen LogP contribution in [-0.2, 0) is 28.6 Å². The highest BCUT2D eigenvalue weighted by atomic mass is 35.5. The van der Waals surface area contributed by atoms with Gasteiger partial charge >= 0.3 is 5.97 Å². The lowest BCUT2D eigenvalue weighted by molar-refractivity contribution is -0.769. The molecule has 1 aromatic carbocycles. The summed E-state index contributed by atoms with van der Waals surface area (Å²) >= 11 is 12.5. The number of Topliss-reactive ketones (excluding diaryl/α,β-unsaturated/α-hetero) is 1. The molecule has 2 fully saturated rings. The number of nitrogens with one attached hydrogen (secondary N) is 1. The molecule has 0 radical (unpaired) electrons. The van der Waals surface area contributed by atoms with Crippen molar-refractivity contribution >= 4 is 35.0 Å². The van der Waals surface area contributed by atoms with Crippen molar-refractivity contribution in [2.45, 2.75) is 43.7 Å². The molecule has 188 valence electrons. The van der Waals surface area contributed by atoms with Gasteiger partial charge in [-0.1, -0.05) is 29.3 Å². The average molecular weight is 529 g/mol. The first-order valence-electron chi connectivity index (χ1n) is 10.5.